The molecule has 1 saturated carbocycles. The van der Waals surface area contributed by atoms with Crippen LogP contribution in [0.3, 0.4) is 0 Å². The summed E-state index contributed by atoms with van der Waals surface area (Å²) in [5.41, 5.74) is 10.5. The number of benzene rings is 3. The highest BCUT2D eigenvalue weighted by atomic mass is 16.2. The standard InChI is InChI=1S/C24H20N4O/c25-14-18-4-1-2-7-20(18)15-8-10-19(11-9-15)28-24(29)22-13-21(22)16-5-3-6-17(12-16)23(26)27/h1-12,21-22H,13H2,(H3,26,27)(H,28,29)/t21-,22-/m1/s1. The molecule has 1 fully saturated rings. The summed E-state index contributed by atoms with van der Waals surface area (Å²) in [6.45, 7) is 0. The average Bonchev–Trinajstić information content (AvgIpc) is 3.55. The van der Waals surface area contributed by atoms with Gasteiger partial charge in [0, 0.05) is 17.2 Å². The van der Waals surface area contributed by atoms with Gasteiger partial charge in [-0.25, -0.2) is 0 Å². The molecule has 4 N–H and O–H groups in total. The maximum Gasteiger partial charge on any atom is 0.228 e. The molecule has 5 heteroatoms. The van der Waals surface area contributed by atoms with E-state index in [1.165, 1.54) is 0 Å². The summed E-state index contributed by atoms with van der Waals surface area (Å²) in [5.74, 6) is 0.118. The Kier molecular flexibility index (Phi) is 4.84. The van der Waals surface area contributed by atoms with Crippen molar-refractivity contribution in [3.05, 3.63) is 89.5 Å². The zero-order valence-corrected chi connectivity index (χ0v) is 15.7. The van der Waals surface area contributed by atoms with Crippen molar-refractivity contribution < 1.29 is 4.79 Å². The molecule has 0 saturated heterocycles. The lowest BCUT2D eigenvalue weighted by Crippen LogP contribution is -2.14. The van der Waals surface area contributed by atoms with E-state index < -0.39 is 0 Å². The Morgan fingerprint density at radius 2 is 1.83 bits per heavy atom. The van der Waals surface area contributed by atoms with Crippen LogP contribution in [0.4, 0.5) is 5.69 Å². The number of hydrogen-bond acceptors (Lipinski definition) is 3. The van der Waals surface area contributed by atoms with E-state index in [-0.39, 0.29) is 23.6 Å². The fourth-order valence-corrected chi connectivity index (χ4v) is 3.59. The van der Waals surface area contributed by atoms with Crippen LogP contribution in [-0.2, 0) is 4.79 Å². The largest absolute Gasteiger partial charge is 0.384 e. The van der Waals surface area contributed by atoms with E-state index in [9.17, 15) is 10.1 Å². The van der Waals surface area contributed by atoms with Gasteiger partial charge in [0.1, 0.15) is 5.84 Å². The highest BCUT2D eigenvalue weighted by Gasteiger charge is 2.44. The highest BCUT2D eigenvalue weighted by Crippen LogP contribution is 2.48. The molecule has 0 spiro atoms. The van der Waals surface area contributed by atoms with Crippen LogP contribution in [0.25, 0.3) is 11.1 Å². The molecule has 142 valence electrons. The van der Waals surface area contributed by atoms with Crippen molar-refractivity contribution in [2.75, 3.05) is 5.32 Å². The van der Waals surface area contributed by atoms with Gasteiger partial charge in [-0.05, 0) is 53.3 Å². The average molecular weight is 380 g/mol. The van der Waals surface area contributed by atoms with Gasteiger partial charge < -0.3 is 11.1 Å². The second kappa shape index (κ2) is 7.61. The number of amidine groups is 1. The lowest BCUT2D eigenvalue weighted by Gasteiger charge is -2.08. The first-order chi connectivity index (χ1) is 14.1. The minimum Gasteiger partial charge on any atom is -0.384 e. The van der Waals surface area contributed by atoms with Gasteiger partial charge in [-0.2, -0.15) is 5.26 Å². The molecule has 29 heavy (non-hydrogen) atoms. The molecule has 0 radical (unpaired) electrons. The SMILES string of the molecule is N#Cc1ccccc1-c1ccc(NC(=O)[C@@H]2C[C@@H]2c2cccc(C(=N)N)c2)cc1. The summed E-state index contributed by atoms with van der Waals surface area (Å²) >= 11 is 0. The number of nitrogens with zero attached hydrogens (tertiary/aromatic N) is 1. The number of carbonyl (C=O) groups is 1. The predicted molar refractivity (Wildman–Crippen MR) is 114 cm³/mol. The Hall–Kier alpha value is -3.91. The van der Waals surface area contributed by atoms with Crippen LogP contribution in [0.15, 0.2) is 72.8 Å². The first kappa shape index (κ1) is 18.5. The van der Waals surface area contributed by atoms with Gasteiger partial charge in [-0.15, -0.1) is 0 Å². The summed E-state index contributed by atoms with van der Waals surface area (Å²) in [5, 5.41) is 19.8. The summed E-state index contributed by atoms with van der Waals surface area (Å²) < 4.78 is 0. The van der Waals surface area contributed by atoms with Crippen LogP contribution < -0.4 is 11.1 Å². The summed E-state index contributed by atoms with van der Waals surface area (Å²) in [7, 11) is 0. The van der Waals surface area contributed by atoms with Crippen molar-refractivity contribution >= 4 is 17.4 Å². The van der Waals surface area contributed by atoms with Gasteiger partial charge >= 0.3 is 0 Å². The molecule has 0 unspecified atom stereocenters. The highest BCUT2D eigenvalue weighted by molar-refractivity contribution is 5.96. The van der Waals surface area contributed by atoms with Crippen molar-refractivity contribution in [1.29, 1.82) is 10.7 Å². The first-order valence-electron chi connectivity index (χ1n) is 9.41. The molecule has 0 aromatic heterocycles. The monoisotopic (exact) mass is 380 g/mol. The van der Waals surface area contributed by atoms with Crippen molar-refractivity contribution in [2.45, 2.75) is 12.3 Å². The quantitative estimate of drug-likeness (QED) is 0.455. The number of hydrogen-bond donors (Lipinski definition) is 3. The molecule has 3 aromatic carbocycles. The maximum atomic E-state index is 12.6. The number of amides is 1. The van der Waals surface area contributed by atoms with Crippen LogP contribution in [0, 0.1) is 22.7 Å². The number of anilines is 1. The van der Waals surface area contributed by atoms with Gasteiger partial charge in [-0.3, -0.25) is 10.2 Å². The molecule has 2 atom stereocenters. The Labute approximate surface area is 169 Å². The normalized spacial score (nSPS) is 17.2. The number of nitrogens with one attached hydrogen (secondary N) is 2. The number of nitrogen functional groups attached to an aromatic ring is 1. The Morgan fingerprint density at radius 3 is 2.55 bits per heavy atom. The fourth-order valence-electron chi connectivity index (χ4n) is 3.59. The van der Waals surface area contributed by atoms with Gasteiger partial charge in [-0.1, -0.05) is 48.5 Å². The van der Waals surface area contributed by atoms with E-state index in [1.54, 1.807) is 12.1 Å². The summed E-state index contributed by atoms with van der Waals surface area (Å²) in [4.78, 5) is 12.6. The Balaban J connectivity index is 1.43. The Morgan fingerprint density at radius 1 is 1.07 bits per heavy atom. The summed E-state index contributed by atoms with van der Waals surface area (Å²) in [6, 6.07) is 24.7. The van der Waals surface area contributed by atoms with E-state index in [0.717, 1.165) is 28.8 Å². The van der Waals surface area contributed by atoms with E-state index in [2.05, 4.69) is 11.4 Å². The first-order valence-corrected chi connectivity index (χ1v) is 9.41. The van der Waals surface area contributed by atoms with Gasteiger partial charge in [0.05, 0.1) is 11.6 Å². The van der Waals surface area contributed by atoms with E-state index in [1.807, 2.05) is 60.7 Å². The maximum absolute atomic E-state index is 12.6. The minimum atomic E-state index is -0.0730. The second-order valence-corrected chi connectivity index (χ2v) is 7.21. The fraction of sp³-hybridized carbons (Fsp3) is 0.125. The Bertz CT molecular complexity index is 1130. The number of rotatable bonds is 5. The number of nitriles is 1. The summed E-state index contributed by atoms with van der Waals surface area (Å²) in [6.07, 6.45) is 0.792. The number of carbonyl (C=O) groups excluding carboxylic acids is 1. The van der Waals surface area contributed by atoms with Crippen LogP contribution >= 0.6 is 0 Å². The van der Waals surface area contributed by atoms with Crippen molar-refractivity contribution in [1.82, 2.24) is 0 Å². The predicted octanol–water partition coefficient (Wildman–Crippen LogP) is 4.25. The van der Waals surface area contributed by atoms with E-state index in [0.29, 0.717) is 11.1 Å². The van der Waals surface area contributed by atoms with Crippen molar-refractivity contribution in [3.8, 4) is 17.2 Å². The van der Waals surface area contributed by atoms with Crippen LogP contribution in [0.2, 0.25) is 0 Å². The second-order valence-electron chi connectivity index (χ2n) is 7.21. The third-order valence-electron chi connectivity index (χ3n) is 5.26. The van der Waals surface area contributed by atoms with E-state index in [4.69, 9.17) is 11.1 Å². The zero-order chi connectivity index (χ0) is 20.4. The van der Waals surface area contributed by atoms with Crippen LogP contribution in [0.5, 0.6) is 0 Å². The topological polar surface area (TPSA) is 103 Å². The molecule has 0 heterocycles. The molecule has 0 bridgehead atoms. The van der Waals surface area contributed by atoms with Gasteiger partial charge in [0.25, 0.3) is 0 Å². The molecule has 4 rings (SSSR count). The lowest BCUT2D eigenvalue weighted by molar-refractivity contribution is -0.117. The third-order valence-corrected chi connectivity index (χ3v) is 5.26. The molecule has 0 aliphatic heterocycles. The molecular formula is C24H20N4O. The van der Waals surface area contributed by atoms with Gasteiger partial charge in [0.2, 0.25) is 5.91 Å². The molecule has 1 amide bonds. The molecule has 1 aliphatic carbocycles. The third kappa shape index (κ3) is 3.87. The zero-order valence-electron chi connectivity index (χ0n) is 15.7. The minimum absolute atomic E-state index is 0.00611. The molecular weight excluding hydrogens is 360 g/mol. The van der Waals surface area contributed by atoms with Crippen molar-refractivity contribution in [2.24, 2.45) is 11.7 Å². The van der Waals surface area contributed by atoms with Crippen LogP contribution in [-0.4, -0.2) is 11.7 Å². The van der Waals surface area contributed by atoms with Gasteiger partial charge in [0.15, 0.2) is 0 Å². The number of nitrogens with two attached hydrogens (primary N) is 1. The molecule has 1 aliphatic rings. The van der Waals surface area contributed by atoms with Crippen molar-refractivity contribution in [3.63, 3.8) is 0 Å². The molecule has 5 nitrogen and oxygen atoms in total. The lowest BCUT2D eigenvalue weighted by atomic mass is 10.0. The van der Waals surface area contributed by atoms with Crippen LogP contribution in [0.1, 0.15) is 29.0 Å². The smallest absolute Gasteiger partial charge is 0.228 e. The van der Waals surface area contributed by atoms with E-state index >= 15 is 0 Å². The molecule has 3 aromatic rings.